The fourth-order valence-corrected chi connectivity index (χ4v) is 8.16. The lowest BCUT2D eigenvalue weighted by Gasteiger charge is -2.43. The zero-order chi connectivity index (χ0) is 20.1. The molecule has 4 rings (SSSR count). The summed E-state index contributed by atoms with van der Waals surface area (Å²) in [7, 11) is 0. The standard InChI is InChI=1S/C29H48/c1-3-5-23-8-12-25(13-9-23)27-16-20-29(21-17-27)28-18-14-26(15-19-28)24-10-6-22(4-2)7-11-24/h3-4,22-29H,1-2,5-21H2/t22-,23-,24-,25-,26-,27-,28-,29-. The highest BCUT2D eigenvalue weighted by Gasteiger charge is 2.36. The van der Waals surface area contributed by atoms with Gasteiger partial charge in [0.1, 0.15) is 0 Å². The van der Waals surface area contributed by atoms with E-state index in [1.807, 2.05) is 0 Å². The molecule has 0 aromatic rings. The average Bonchev–Trinajstić information content (AvgIpc) is 2.80. The maximum Gasteiger partial charge on any atom is -0.0236 e. The number of hydrogen-bond donors (Lipinski definition) is 0. The molecule has 0 radical (unpaired) electrons. The molecule has 0 saturated heterocycles. The molecule has 0 unspecified atom stereocenters. The van der Waals surface area contributed by atoms with Crippen LogP contribution in [-0.2, 0) is 0 Å². The third kappa shape index (κ3) is 5.59. The predicted octanol–water partition coefficient (Wildman–Crippen LogP) is 8.97. The van der Waals surface area contributed by atoms with Gasteiger partial charge in [-0.2, -0.15) is 0 Å². The molecule has 4 saturated carbocycles. The molecule has 0 amide bonds. The van der Waals surface area contributed by atoms with Gasteiger partial charge in [0.05, 0.1) is 0 Å². The largest absolute Gasteiger partial charge is 0.103 e. The van der Waals surface area contributed by atoms with Gasteiger partial charge in [-0.15, -0.1) is 13.2 Å². The van der Waals surface area contributed by atoms with Crippen LogP contribution in [0.4, 0.5) is 0 Å². The molecule has 0 bridgehead atoms. The highest BCUT2D eigenvalue weighted by Crippen LogP contribution is 2.48. The SMILES string of the molecule is C=CC[C@H]1CC[C@H]([C@H]2CC[C@H]([C@H]3CC[C@H]([C@H]4CC[C@H](C=C)CC4)CC3)CC2)CC1. The van der Waals surface area contributed by atoms with Crippen molar-refractivity contribution in [3.63, 3.8) is 0 Å². The van der Waals surface area contributed by atoms with E-state index in [1.54, 1.807) is 51.4 Å². The lowest BCUT2D eigenvalue weighted by atomic mass is 9.63. The second-order valence-corrected chi connectivity index (χ2v) is 11.6. The fourth-order valence-electron chi connectivity index (χ4n) is 8.16. The van der Waals surface area contributed by atoms with Crippen LogP contribution in [0.15, 0.2) is 25.3 Å². The molecule has 29 heavy (non-hydrogen) atoms. The fraction of sp³-hybridized carbons (Fsp3) is 0.862. The van der Waals surface area contributed by atoms with Crippen molar-refractivity contribution in [2.75, 3.05) is 0 Å². The Morgan fingerprint density at radius 1 is 0.448 bits per heavy atom. The molecular weight excluding hydrogens is 348 g/mol. The van der Waals surface area contributed by atoms with E-state index >= 15 is 0 Å². The lowest BCUT2D eigenvalue weighted by molar-refractivity contribution is 0.0879. The quantitative estimate of drug-likeness (QED) is 0.393. The summed E-state index contributed by atoms with van der Waals surface area (Å²) in [6.45, 7) is 7.98. The minimum absolute atomic E-state index is 0.829. The molecule has 0 aliphatic heterocycles. The molecule has 164 valence electrons. The van der Waals surface area contributed by atoms with Gasteiger partial charge in [-0.25, -0.2) is 0 Å². The van der Waals surface area contributed by atoms with E-state index in [2.05, 4.69) is 25.3 Å². The number of hydrogen-bond acceptors (Lipinski definition) is 0. The van der Waals surface area contributed by atoms with Crippen molar-refractivity contribution in [3.8, 4) is 0 Å². The van der Waals surface area contributed by atoms with Crippen LogP contribution >= 0.6 is 0 Å². The van der Waals surface area contributed by atoms with Crippen molar-refractivity contribution < 1.29 is 0 Å². The second kappa shape index (κ2) is 10.7. The van der Waals surface area contributed by atoms with Gasteiger partial charge in [0.2, 0.25) is 0 Å². The van der Waals surface area contributed by atoms with Gasteiger partial charge in [0.15, 0.2) is 0 Å². The zero-order valence-electron chi connectivity index (χ0n) is 19.2. The van der Waals surface area contributed by atoms with Crippen molar-refractivity contribution in [2.24, 2.45) is 47.3 Å². The van der Waals surface area contributed by atoms with Gasteiger partial charge in [0.25, 0.3) is 0 Å². The minimum atomic E-state index is 0.829. The first-order chi connectivity index (χ1) is 14.3. The molecule has 4 aliphatic rings. The molecule has 0 heteroatoms. The highest BCUT2D eigenvalue weighted by atomic mass is 14.4. The van der Waals surface area contributed by atoms with Crippen LogP contribution in [0.5, 0.6) is 0 Å². The van der Waals surface area contributed by atoms with Crippen molar-refractivity contribution in [1.82, 2.24) is 0 Å². The van der Waals surface area contributed by atoms with Gasteiger partial charge in [-0.1, -0.05) is 12.2 Å². The molecule has 0 nitrogen and oxygen atoms in total. The summed E-state index contributed by atoms with van der Waals surface area (Å²) in [6, 6.07) is 0. The van der Waals surface area contributed by atoms with E-state index in [1.165, 1.54) is 57.8 Å². The van der Waals surface area contributed by atoms with Crippen LogP contribution in [0.25, 0.3) is 0 Å². The molecule has 0 aromatic heterocycles. The monoisotopic (exact) mass is 396 g/mol. The molecule has 4 fully saturated rings. The summed E-state index contributed by atoms with van der Waals surface area (Å²) in [5.41, 5.74) is 0. The first-order valence-corrected chi connectivity index (χ1v) is 13.5. The topological polar surface area (TPSA) is 0 Å². The number of allylic oxidation sites excluding steroid dienone is 2. The lowest BCUT2D eigenvalue weighted by Crippen LogP contribution is -2.31. The maximum absolute atomic E-state index is 4.03. The normalized spacial score (nSPS) is 44.1. The van der Waals surface area contributed by atoms with Crippen LogP contribution in [0, 0.1) is 47.3 Å². The number of rotatable bonds is 6. The Bertz CT molecular complexity index is 486. The molecule has 4 aliphatic carbocycles. The Balaban J connectivity index is 1.15. The van der Waals surface area contributed by atoms with E-state index in [4.69, 9.17) is 0 Å². The van der Waals surface area contributed by atoms with Gasteiger partial charge in [-0.05, 0) is 156 Å². The Morgan fingerprint density at radius 2 is 0.759 bits per heavy atom. The van der Waals surface area contributed by atoms with E-state index in [9.17, 15) is 0 Å². The van der Waals surface area contributed by atoms with Crippen molar-refractivity contribution in [1.29, 1.82) is 0 Å². The van der Waals surface area contributed by atoms with Crippen molar-refractivity contribution in [2.45, 2.75) is 109 Å². The molecule has 0 heterocycles. The minimum Gasteiger partial charge on any atom is -0.103 e. The summed E-state index contributed by atoms with van der Waals surface area (Å²) in [5.74, 6) is 8.22. The van der Waals surface area contributed by atoms with Crippen molar-refractivity contribution >= 4 is 0 Å². The third-order valence-electron chi connectivity index (χ3n) is 10.2. The van der Waals surface area contributed by atoms with E-state index in [-0.39, 0.29) is 0 Å². The van der Waals surface area contributed by atoms with Crippen LogP contribution in [-0.4, -0.2) is 0 Å². The summed E-state index contributed by atoms with van der Waals surface area (Å²) in [5, 5.41) is 0. The van der Waals surface area contributed by atoms with Gasteiger partial charge < -0.3 is 0 Å². The van der Waals surface area contributed by atoms with Gasteiger partial charge >= 0.3 is 0 Å². The second-order valence-electron chi connectivity index (χ2n) is 11.6. The average molecular weight is 397 g/mol. The molecular formula is C29H48. The molecule has 0 N–H and O–H groups in total. The Labute approximate surface area is 182 Å². The van der Waals surface area contributed by atoms with Gasteiger partial charge in [0, 0.05) is 0 Å². The van der Waals surface area contributed by atoms with E-state index in [0.717, 1.165) is 47.3 Å². The summed E-state index contributed by atoms with van der Waals surface area (Å²) < 4.78 is 0. The predicted molar refractivity (Wildman–Crippen MR) is 127 cm³/mol. The summed E-state index contributed by atoms with van der Waals surface area (Å²) in [6.07, 6.45) is 30.0. The van der Waals surface area contributed by atoms with E-state index < -0.39 is 0 Å². The third-order valence-corrected chi connectivity index (χ3v) is 10.2. The maximum atomic E-state index is 4.03. The van der Waals surface area contributed by atoms with Crippen LogP contribution in [0.1, 0.15) is 109 Å². The van der Waals surface area contributed by atoms with Crippen LogP contribution in [0.3, 0.4) is 0 Å². The Morgan fingerprint density at radius 3 is 1.07 bits per heavy atom. The Kier molecular flexibility index (Phi) is 7.99. The van der Waals surface area contributed by atoms with Crippen LogP contribution < -0.4 is 0 Å². The Hall–Kier alpha value is -0.520. The molecule has 0 spiro atoms. The molecule has 0 atom stereocenters. The van der Waals surface area contributed by atoms with Crippen molar-refractivity contribution in [3.05, 3.63) is 25.3 Å². The summed E-state index contributed by atoms with van der Waals surface area (Å²) >= 11 is 0. The smallest absolute Gasteiger partial charge is 0.0236 e. The highest BCUT2D eigenvalue weighted by molar-refractivity contribution is 4.90. The van der Waals surface area contributed by atoms with E-state index in [0.29, 0.717) is 0 Å². The zero-order valence-corrected chi connectivity index (χ0v) is 19.2. The first-order valence-electron chi connectivity index (χ1n) is 13.5. The molecule has 0 aromatic carbocycles. The summed E-state index contributed by atoms with van der Waals surface area (Å²) in [4.78, 5) is 0. The van der Waals surface area contributed by atoms with Crippen LogP contribution in [0.2, 0.25) is 0 Å². The van der Waals surface area contributed by atoms with Gasteiger partial charge in [-0.3, -0.25) is 0 Å². The first kappa shape index (κ1) is 21.7.